The highest BCUT2D eigenvalue weighted by atomic mass is 19.4. The molecule has 0 aliphatic carbocycles. The van der Waals surface area contributed by atoms with Crippen molar-refractivity contribution >= 4 is 6.29 Å². The summed E-state index contributed by atoms with van der Waals surface area (Å²) in [6, 6.07) is 11.2. The molecule has 0 aliphatic heterocycles. The van der Waals surface area contributed by atoms with E-state index in [-0.39, 0.29) is 5.75 Å². The van der Waals surface area contributed by atoms with Crippen LogP contribution < -0.4 is 9.47 Å². The number of methoxy groups -OCH3 is 1. The van der Waals surface area contributed by atoms with Gasteiger partial charge in [-0.05, 0) is 23.3 Å². The highest BCUT2D eigenvalue weighted by Crippen LogP contribution is 2.32. The molecule has 0 aromatic heterocycles. The Morgan fingerprint density at radius 3 is 2.41 bits per heavy atom. The molecule has 116 valence electrons. The van der Waals surface area contributed by atoms with E-state index < -0.39 is 12.8 Å². The van der Waals surface area contributed by atoms with Crippen LogP contribution in [-0.2, 0) is 0 Å². The third-order valence-electron chi connectivity index (χ3n) is 2.92. The third-order valence-corrected chi connectivity index (χ3v) is 2.92. The van der Waals surface area contributed by atoms with Crippen LogP contribution in [0.3, 0.4) is 0 Å². The van der Waals surface area contributed by atoms with Gasteiger partial charge < -0.3 is 9.47 Å². The largest absolute Gasteiger partial charge is 0.497 e. The molecule has 2 rings (SSSR count). The van der Waals surface area contributed by atoms with Gasteiger partial charge in [0.15, 0.2) is 12.9 Å². The quantitative estimate of drug-likeness (QED) is 0.779. The van der Waals surface area contributed by atoms with Gasteiger partial charge in [0, 0.05) is 11.6 Å². The predicted molar refractivity (Wildman–Crippen MR) is 75.4 cm³/mol. The summed E-state index contributed by atoms with van der Waals surface area (Å²) in [5, 5.41) is 0. The molecule has 2 aromatic carbocycles. The molecule has 0 saturated carbocycles. The van der Waals surface area contributed by atoms with Gasteiger partial charge in [0.1, 0.15) is 11.5 Å². The minimum atomic E-state index is -4.43. The van der Waals surface area contributed by atoms with Crippen molar-refractivity contribution in [2.24, 2.45) is 0 Å². The monoisotopic (exact) mass is 310 g/mol. The van der Waals surface area contributed by atoms with E-state index in [1.807, 2.05) is 0 Å². The van der Waals surface area contributed by atoms with Crippen molar-refractivity contribution in [1.82, 2.24) is 0 Å². The van der Waals surface area contributed by atoms with E-state index in [0.29, 0.717) is 28.7 Å². The number of carbonyl (C=O) groups is 1. The molecule has 0 bridgehead atoms. The van der Waals surface area contributed by atoms with Gasteiger partial charge in [-0.15, -0.1) is 0 Å². The standard InChI is InChI=1S/C16H13F3O3/c1-21-13-6-12(15-5-3-2-4-11(15)9-20)7-14(8-13)22-10-16(17,18)19/h2-9H,10H2,1H3. The van der Waals surface area contributed by atoms with Gasteiger partial charge in [-0.25, -0.2) is 0 Å². The Hall–Kier alpha value is -2.50. The van der Waals surface area contributed by atoms with E-state index in [9.17, 15) is 18.0 Å². The summed E-state index contributed by atoms with van der Waals surface area (Å²) in [4.78, 5) is 11.1. The maximum Gasteiger partial charge on any atom is 0.422 e. The smallest absolute Gasteiger partial charge is 0.422 e. The van der Waals surface area contributed by atoms with Crippen LogP contribution >= 0.6 is 0 Å². The Morgan fingerprint density at radius 1 is 1.09 bits per heavy atom. The van der Waals surface area contributed by atoms with E-state index in [0.717, 1.165) is 0 Å². The Bertz CT molecular complexity index is 666. The zero-order chi connectivity index (χ0) is 16.2. The highest BCUT2D eigenvalue weighted by molar-refractivity contribution is 5.88. The minimum absolute atomic E-state index is 0.0207. The number of aldehydes is 1. The maximum absolute atomic E-state index is 12.3. The molecule has 0 heterocycles. The fourth-order valence-electron chi connectivity index (χ4n) is 1.96. The molecule has 0 amide bonds. The minimum Gasteiger partial charge on any atom is -0.497 e. The van der Waals surface area contributed by atoms with Gasteiger partial charge >= 0.3 is 6.18 Å². The molecule has 22 heavy (non-hydrogen) atoms. The molecule has 0 saturated heterocycles. The van der Waals surface area contributed by atoms with Crippen LogP contribution in [0, 0.1) is 0 Å². The zero-order valence-electron chi connectivity index (χ0n) is 11.7. The molecule has 3 nitrogen and oxygen atoms in total. The number of hydrogen-bond acceptors (Lipinski definition) is 3. The van der Waals surface area contributed by atoms with Crippen LogP contribution in [0.5, 0.6) is 11.5 Å². The SMILES string of the molecule is COc1cc(OCC(F)(F)F)cc(-c2ccccc2C=O)c1. The lowest BCUT2D eigenvalue weighted by molar-refractivity contribution is -0.153. The average molecular weight is 310 g/mol. The first-order valence-corrected chi connectivity index (χ1v) is 6.36. The van der Waals surface area contributed by atoms with Crippen LogP contribution in [0.25, 0.3) is 11.1 Å². The summed E-state index contributed by atoms with van der Waals surface area (Å²) in [5.41, 5.74) is 1.56. The number of halogens is 3. The van der Waals surface area contributed by atoms with Crippen LogP contribution in [0.15, 0.2) is 42.5 Å². The van der Waals surface area contributed by atoms with Crippen molar-refractivity contribution < 1.29 is 27.4 Å². The second-order valence-corrected chi connectivity index (χ2v) is 4.51. The van der Waals surface area contributed by atoms with E-state index in [4.69, 9.17) is 9.47 Å². The lowest BCUT2D eigenvalue weighted by atomic mass is 10.00. The summed E-state index contributed by atoms with van der Waals surface area (Å²) >= 11 is 0. The summed E-state index contributed by atoms with van der Waals surface area (Å²) < 4.78 is 46.6. The first-order chi connectivity index (χ1) is 10.4. The van der Waals surface area contributed by atoms with Crippen molar-refractivity contribution in [3.8, 4) is 22.6 Å². The molecule has 0 fully saturated rings. The topological polar surface area (TPSA) is 35.5 Å². The number of benzene rings is 2. The van der Waals surface area contributed by atoms with Crippen molar-refractivity contribution in [2.45, 2.75) is 6.18 Å². The summed E-state index contributed by atoms with van der Waals surface area (Å²) in [5.74, 6) is 0.364. The van der Waals surface area contributed by atoms with E-state index in [1.165, 1.54) is 19.2 Å². The molecular formula is C16H13F3O3. The van der Waals surface area contributed by atoms with Crippen molar-refractivity contribution in [3.05, 3.63) is 48.0 Å². The number of rotatable bonds is 5. The van der Waals surface area contributed by atoms with Gasteiger partial charge in [0.25, 0.3) is 0 Å². The fourth-order valence-corrected chi connectivity index (χ4v) is 1.96. The first-order valence-electron chi connectivity index (χ1n) is 6.36. The van der Waals surface area contributed by atoms with E-state index >= 15 is 0 Å². The molecule has 2 aromatic rings. The zero-order valence-corrected chi connectivity index (χ0v) is 11.7. The fraction of sp³-hybridized carbons (Fsp3) is 0.188. The molecular weight excluding hydrogens is 297 g/mol. The Morgan fingerprint density at radius 2 is 1.77 bits per heavy atom. The summed E-state index contributed by atoms with van der Waals surface area (Å²) in [7, 11) is 1.40. The first kappa shape index (κ1) is 15.9. The number of alkyl halides is 3. The van der Waals surface area contributed by atoms with Gasteiger partial charge in [0.05, 0.1) is 7.11 Å². The Labute approximate surface area is 125 Å². The lowest BCUT2D eigenvalue weighted by Gasteiger charge is -2.13. The van der Waals surface area contributed by atoms with Gasteiger partial charge in [0.2, 0.25) is 0 Å². The molecule has 0 N–H and O–H groups in total. The maximum atomic E-state index is 12.3. The third kappa shape index (κ3) is 4.00. The molecule has 0 unspecified atom stereocenters. The van der Waals surface area contributed by atoms with E-state index in [2.05, 4.69) is 0 Å². The summed E-state index contributed by atoms with van der Waals surface area (Å²) in [6.45, 7) is -1.39. The van der Waals surface area contributed by atoms with Gasteiger partial charge in [-0.3, -0.25) is 4.79 Å². The Balaban J connectivity index is 2.41. The molecule has 0 aliphatic rings. The normalized spacial score (nSPS) is 11.1. The molecule has 6 heteroatoms. The van der Waals surface area contributed by atoms with E-state index in [1.54, 1.807) is 30.3 Å². The second-order valence-electron chi connectivity index (χ2n) is 4.51. The molecule has 0 atom stereocenters. The number of ether oxygens (including phenoxy) is 2. The number of carbonyl (C=O) groups excluding carboxylic acids is 1. The Kier molecular flexibility index (Phi) is 4.70. The van der Waals surface area contributed by atoms with Crippen LogP contribution in [0.1, 0.15) is 10.4 Å². The van der Waals surface area contributed by atoms with Crippen molar-refractivity contribution in [1.29, 1.82) is 0 Å². The highest BCUT2D eigenvalue weighted by Gasteiger charge is 2.28. The van der Waals surface area contributed by atoms with Crippen molar-refractivity contribution in [3.63, 3.8) is 0 Å². The van der Waals surface area contributed by atoms with Crippen molar-refractivity contribution in [2.75, 3.05) is 13.7 Å². The van der Waals surface area contributed by atoms with Crippen LogP contribution in [-0.4, -0.2) is 26.2 Å². The van der Waals surface area contributed by atoms with Gasteiger partial charge in [-0.2, -0.15) is 13.2 Å². The lowest BCUT2D eigenvalue weighted by Crippen LogP contribution is -2.19. The van der Waals surface area contributed by atoms with Crippen LogP contribution in [0.4, 0.5) is 13.2 Å². The molecule has 0 radical (unpaired) electrons. The number of hydrogen-bond donors (Lipinski definition) is 0. The average Bonchev–Trinajstić information content (AvgIpc) is 2.52. The van der Waals surface area contributed by atoms with Crippen LogP contribution in [0.2, 0.25) is 0 Å². The predicted octanol–water partition coefficient (Wildman–Crippen LogP) is 4.12. The van der Waals surface area contributed by atoms with Gasteiger partial charge in [-0.1, -0.05) is 24.3 Å². The molecule has 0 spiro atoms. The summed E-state index contributed by atoms with van der Waals surface area (Å²) in [6.07, 6.45) is -3.74. The second kappa shape index (κ2) is 6.51.